The van der Waals surface area contributed by atoms with Crippen molar-refractivity contribution in [2.45, 2.75) is 12.8 Å². The van der Waals surface area contributed by atoms with E-state index in [9.17, 15) is 5.26 Å². The third-order valence-electron chi connectivity index (χ3n) is 4.24. The largest absolute Gasteiger partial charge is 0.420 e. The number of hydrogen-bond acceptors (Lipinski definition) is 5. The van der Waals surface area contributed by atoms with E-state index < -0.39 is 5.92 Å². The van der Waals surface area contributed by atoms with E-state index >= 15 is 0 Å². The van der Waals surface area contributed by atoms with Crippen LogP contribution in [0.4, 0.5) is 0 Å². The lowest BCUT2D eigenvalue weighted by Crippen LogP contribution is -2.21. The Morgan fingerprint density at radius 3 is 2.76 bits per heavy atom. The van der Waals surface area contributed by atoms with Gasteiger partial charge >= 0.3 is 0 Å². The SMILES string of the molecule is Cc1[nH]nc2c1[C@@H](c1cn[nH]c1-c1ccc(Cl)cc1)C(C#N)=C(N)O2. The van der Waals surface area contributed by atoms with Crippen LogP contribution in [-0.4, -0.2) is 20.4 Å². The fourth-order valence-electron chi connectivity index (χ4n) is 3.07. The van der Waals surface area contributed by atoms with Gasteiger partial charge in [0.1, 0.15) is 11.6 Å². The maximum atomic E-state index is 9.64. The Kier molecular flexibility index (Phi) is 3.48. The average Bonchev–Trinajstić information content (AvgIpc) is 3.22. The summed E-state index contributed by atoms with van der Waals surface area (Å²) in [5, 5.41) is 24.5. The molecule has 0 amide bonds. The highest BCUT2D eigenvalue weighted by atomic mass is 35.5. The summed E-state index contributed by atoms with van der Waals surface area (Å²) in [4.78, 5) is 0. The molecule has 1 aromatic carbocycles. The Morgan fingerprint density at radius 1 is 1.28 bits per heavy atom. The number of aromatic amines is 2. The molecule has 2 aromatic heterocycles. The van der Waals surface area contributed by atoms with Gasteiger partial charge in [0.05, 0.1) is 17.8 Å². The van der Waals surface area contributed by atoms with Crippen LogP contribution in [0.5, 0.6) is 5.88 Å². The predicted molar refractivity (Wildman–Crippen MR) is 91.7 cm³/mol. The molecule has 1 aliphatic rings. The standard InChI is InChI=1S/C17H13ClN6O/c1-8-13-14(11(6-19)16(20)25-17(13)24-22-8)12-7-21-23-15(12)9-2-4-10(18)5-3-9/h2-5,7,14H,20H2,1H3,(H,21,23)(H,22,24)/t14-/m1/s1. The maximum Gasteiger partial charge on any atom is 0.244 e. The first-order valence-corrected chi connectivity index (χ1v) is 7.89. The highest BCUT2D eigenvalue weighted by Crippen LogP contribution is 2.44. The maximum absolute atomic E-state index is 9.64. The van der Waals surface area contributed by atoms with Crippen molar-refractivity contribution in [2.24, 2.45) is 5.73 Å². The van der Waals surface area contributed by atoms with E-state index in [0.29, 0.717) is 16.5 Å². The molecular formula is C17H13ClN6O. The molecule has 0 fully saturated rings. The van der Waals surface area contributed by atoms with Crippen molar-refractivity contribution in [3.05, 3.63) is 63.8 Å². The van der Waals surface area contributed by atoms with Crippen molar-refractivity contribution in [2.75, 3.05) is 0 Å². The zero-order valence-electron chi connectivity index (χ0n) is 13.2. The van der Waals surface area contributed by atoms with E-state index in [1.165, 1.54) is 0 Å². The molecule has 124 valence electrons. The summed E-state index contributed by atoms with van der Waals surface area (Å²) < 4.78 is 5.49. The first-order chi connectivity index (χ1) is 12.1. The summed E-state index contributed by atoms with van der Waals surface area (Å²) in [7, 11) is 0. The molecule has 0 unspecified atom stereocenters. The van der Waals surface area contributed by atoms with Crippen LogP contribution in [0.1, 0.15) is 22.7 Å². The number of allylic oxidation sites excluding steroid dienone is 1. The Bertz CT molecular complexity index is 1020. The summed E-state index contributed by atoms with van der Waals surface area (Å²) in [5.41, 5.74) is 10.4. The second-order valence-corrected chi connectivity index (χ2v) is 6.14. The van der Waals surface area contributed by atoms with E-state index in [2.05, 4.69) is 26.5 Å². The number of nitriles is 1. The Balaban J connectivity index is 1.93. The van der Waals surface area contributed by atoms with Gasteiger partial charge in [-0.25, -0.2) is 0 Å². The van der Waals surface area contributed by atoms with Crippen molar-refractivity contribution >= 4 is 11.6 Å². The van der Waals surface area contributed by atoms with Crippen molar-refractivity contribution in [1.29, 1.82) is 5.26 Å². The van der Waals surface area contributed by atoms with Crippen LogP contribution >= 0.6 is 11.6 Å². The van der Waals surface area contributed by atoms with Crippen molar-refractivity contribution in [3.63, 3.8) is 0 Å². The van der Waals surface area contributed by atoms with Crippen LogP contribution in [0.25, 0.3) is 11.3 Å². The van der Waals surface area contributed by atoms with Crippen molar-refractivity contribution in [3.8, 4) is 23.2 Å². The predicted octanol–water partition coefficient (Wildman–Crippen LogP) is 2.98. The number of hydrogen-bond donors (Lipinski definition) is 3. The molecule has 4 rings (SSSR count). The number of nitrogens with two attached hydrogens (primary N) is 1. The van der Waals surface area contributed by atoms with Gasteiger partial charge in [-0.1, -0.05) is 23.7 Å². The molecule has 0 aliphatic carbocycles. The number of aryl methyl sites for hydroxylation is 1. The second-order valence-electron chi connectivity index (χ2n) is 5.70. The number of ether oxygens (including phenoxy) is 1. The minimum absolute atomic E-state index is 0.0507. The third-order valence-corrected chi connectivity index (χ3v) is 4.49. The molecule has 1 aliphatic heterocycles. The number of H-pyrrole nitrogens is 2. The molecule has 3 heterocycles. The molecule has 3 aromatic rings. The van der Waals surface area contributed by atoms with Crippen LogP contribution in [-0.2, 0) is 0 Å². The van der Waals surface area contributed by atoms with Gasteiger partial charge < -0.3 is 10.5 Å². The van der Waals surface area contributed by atoms with E-state index in [4.69, 9.17) is 22.1 Å². The Morgan fingerprint density at radius 2 is 2.04 bits per heavy atom. The molecule has 7 nitrogen and oxygen atoms in total. The summed E-state index contributed by atoms with van der Waals surface area (Å²) in [6, 6.07) is 9.54. The number of nitrogens with one attached hydrogen (secondary N) is 2. The topological polar surface area (TPSA) is 116 Å². The fraction of sp³-hybridized carbons (Fsp3) is 0.118. The van der Waals surface area contributed by atoms with Gasteiger partial charge in [0.15, 0.2) is 0 Å². The summed E-state index contributed by atoms with van der Waals surface area (Å²) >= 11 is 5.98. The summed E-state index contributed by atoms with van der Waals surface area (Å²) in [6.45, 7) is 1.88. The molecule has 0 bridgehead atoms. The van der Waals surface area contributed by atoms with Gasteiger partial charge in [0.25, 0.3) is 0 Å². The normalized spacial score (nSPS) is 16.3. The second kappa shape index (κ2) is 5.69. The number of nitrogens with zero attached hydrogens (tertiary/aromatic N) is 3. The highest BCUT2D eigenvalue weighted by molar-refractivity contribution is 6.30. The molecule has 25 heavy (non-hydrogen) atoms. The van der Waals surface area contributed by atoms with E-state index in [0.717, 1.165) is 28.1 Å². The molecule has 0 saturated heterocycles. The molecule has 8 heteroatoms. The minimum atomic E-state index is -0.420. The molecule has 1 atom stereocenters. The van der Waals surface area contributed by atoms with E-state index in [1.807, 2.05) is 19.1 Å². The molecular weight excluding hydrogens is 340 g/mol. The van der Waals surface area contributed by atoms with Gasteiger partial charge in [-0.05, 0) is 24.6 Å². The molecule has 4 N–H and O–H groups in total. The van der Waals surface area contributed by atoms with Crippen molar-refractivity contribution < 1.29 is 4.74 Å². The van der Waals surface area contributed by atoms with Crippen LogP contribution < -0.4 is 10.5 Å². The zero-order valence-corrected chi connectivity index (χ0v) is 13.9. The summed E-state index contributed by atoms with van der Waals surface area (Å²) in [6.07, 6.45) is 1.70. The van der Waals surface area contributed by atoms with Gasteiger partial charge in [0.2, 0.25) is 11.8 Å². The first kappa shape index (κ1) is 15.3. The van der Waals surface area contributed by atoms with Crippen molar-refractivity contribution in [1.82, 2.24) is 20.4 Å². The van der Waals surface area contributed by atoms with E-state index in [1.54, 1.807) is 18.3 Å². The van der Waals surface area contributed by atoms with Gasteiger partial charge in [-0.2, -0.15) is 10.4 Å². The molecule has 0 spiro atoms. The lowest BCUT2D eigenvalue weighted by Gasteiger charge is -2.23. The molecule has 0 saturated carbocycles. The van der Waals surface area contributed by atoms with Gasteiger partial charge in [0, 0.05) is 21.8 Å². The van der Waals surface area contributed by atoms with Crippen LogP contribution in [0.2, 0.25) is 5.02 Å². The Hall–Kier alpha value is -3.24. The number of halogens is 1. The van der Waals surface area contributed by atoms with Gasteiger partial charge in [-0.15, -0.1) is 5.10 Å². The number of rotatable bonds is 2. The van der Waals surface area contributed by atoms with Gasteiger partial charge in [-0.3, -0.25) is 10.2 Å². The molecule has 0 radical (unpaired) electrons. The monoisotopic (exact) mass is 352 g/mol. The van der Waals surface area contributed by atoms with E-state index in [-0.39, 0.29) is 5.88 Å². The third kappa shape index (κ3) is 2.35. The highest BCUT2D eigenvalue weighted by Gasteiger charge is 2.36. The smallest absolute Gasteiger partial charge is 0.244 e. The van der Waals surface area contributed by atoms with Crippen LogP contribution in [0.3, 0.4) is 0 Å². The minimum Gasteiger partial charge on any atom is -0.420 e. The summed E-state index contributed by atoms with van der Waals surface area (Å²) in [5.74, 6) is 0.00828. The van der Waals surface area contributed by atoms with Crippen LogP contribution in [0.15, 0.2) is 41.9 Å². The average molecular weight is 353 g/mol. The first-order valence-electron chi connectivity index (χ1n) is 7.51. The number of aromatic nitrogens is 4. The lowest BCUT2D eigenvalue weighted by atomic mass is 9.83. The fourth-order valence-corrected chi connectivity index (χ4v) is 3.20. The number of benzene rings is 1. The Labute approximate surface area is 148 Å². The van der Waals surface area contributed by atoms with Crippen LogP contribution in [0, 0.1) is 18.3 Å². The lowest BCUT2D eigenvalue weighted by molar-refractivity contribution is 0.379. The number of fused-ring (bicyclic) bond motifs is 1. The quantitative estimate of drug-likeness (QED) is 0.655. The zero-order chi connectivity index (χ0) is 17.6.